The van der Waals surface area contributed by atoms with Crippen molar-refractivity contribution < 1.29 is 0 Å². The van der Waals surface area contributed by atoms with Gasteiger partial charge in [-0.25, -0.2) is 0 Å². The molecule has 0 bridgehead atoms. The van der Waals surface area contributed by atoms with Crippen LogP contribution in [-0.4, -0.2) is 4.43 Å². The first-order valence-electron chi connectivity index (χ1n) is 12.4. The summed E-state index contributed by atoms with van der Waals surface area (Å²) in [6.45, 7) is 4.74. The highest BCUT2D eigenvalue weighted by Gasteiger charge is 2.00. The van der Waals surface area contributed by atoms with Crippen LogP contribution in [0.1, 0.15) is 149 Å². The van der Waals surface area contributed by atoms with Crippen molar-refractivity contribution in [3.8, 4) is 0 Å². The maximum Gasteiger partial charge on any atom is -0.000473 e. The van der Waals surface area contributed by atoms with E-state index in [1.54, 1.807) is 0 Å². The quantitative estimate of drug-likeness (QED) is 0.0825. The average Bonchev–Trinajstić information content (AvgIpc) is 2.64. The molecule has 0 aromatic rings. The largest absolute Gasteiger partial charge is 0.0864 e. The number of rotatable bonds is 22. The van der Waals surface area contributed by atoms with Crippen molar-refractivity contribution >= 4 is 22.6 Å². The number of alkyl halides is 1. The maximum absolute atomic E-state index is 2.50. The van der Waals surface area contributed by atoms with E-state index in [9.17, 15) is 0 Å². The second-order valence-electron chi connectivity index (χ2n) is 8.74. The lowest BCUT2D eigenvalue weighted by atomic mass is 9.98. The number of unbranched alkanes of at least 4 members (excludes halogenated alkanes) is 17. The highest BCUT2D eigenvalue weighted by atomic mass is 127. The minimum atomic E-state index is 0.963. The van der Waals surface area contributed by atoms with Crippen LogP contribution in [0.3, 0.4) is 0 Å². The fourth-order valence-corrected chi connectivity index (χ4v) is 4.59. The Morgan fingerprint density at radius 3 is 1.08 bits per heavy atom. The minimum absolute atomic E-state index is 0.963. The van der Waals surface area contributed by atoms with Gasteiger partial charge in [-0.15, -0.1) is 0 Å². The Kier molecular flexibility index (Phi) is 24.4. The smallest absolute Gasteiger partial charge is 0.000473 e. The molecule has 0 aromatic heterocycles. The summed E-state index contributed by atoms with van der Waals surface area (Å²) < 4.78 is 1.34. The molecule has 0 spiro atoms. The van der Waals surface area contributed by atoms with E-state index in [0.29, 0.717) is 0 Å². The molecule has 0 N–H and O–H groups in total. The molecule has 0 saturated heterocycles. The Bertz CT molecular complexity index is 238. The number of hydrogen-bond acceptors (Lipinski definition) is 0. The number of halogens is 1. The molecule has 0 aliphatic carbocycles. The topological polar surface area (TPSA) is 0 Å². The molecular formula is C25H51I. The first-order valence-corrected chi connectivity index (χ1v) is 13.9. The normalized spacial score (nSPS) is 12.6. The Morgan fingerprint density at radius 2 is 0.769 bits per heavy atom. The van der Waals surface area contributed by atoms with Crippen LogP contribution in [0, 0.1) is 5.92 Å². The van der Waals surface area contributed by atoms with Crippen molar-refractivity contribution in [2.24, 2.45) is 5.92 Å². The lowest BCUT2D eigenvalue weighted by Gasteiger charge is -2.09. The third-order valence-corrected chi connectivity index (χ3v) is 6.62. The summed E-state index contributed by atoms with van der Waals surface area (Å²) in [5.74, 6) is 0.963. The van der Waals surface area contributed by atoms with E-state index < -0.39 is 0 Å². The molecule has 1 atom stereocenters. The Balaban J connectivity index is 3.01. The third kappa shape index (κ3) is 22.8. The Morgan fingerprint density at radius 1 is 0.462 bits per heavy atom. The molecule has 26 heavy (non-hydrogen) atoms. The monoisotopic (exact) mass is 478 g/mol. The SMILES string of the molecule is CCC[C@H](C)CCCCCCCCCCCCCCCCCCCCI. The molecule has 0 saturated carbocycles. The molecule has 0 unspecified atom stereocenters. The molecule has 0 fully saturated rings. The van der Waals surface area contributed by atoms with Crippen molar-refractivity contribution in [2.45, 2.75) is 149 Å². The summed E-state index contributed by atoms with van der Waals surface area (Å²) >= 11 is 2.50. The molecule has 0 nitrogen and oxygen atoms in total. The average molecular weight is 479 g/mol. The second-order valence-corrected chi connectivity index (χ2v) is 9.81. The molecule has 0 rings (SSSR count). The molecule has 0 amide bonds. The molecule has 0 aliphatic rings. The van der Waals surface area contributed by atoms with E-state index in [0.717, 1.165) is 5.92 Å². The lowest BCUT2D eigenvalue weighted by Crippen LogP contribution is -1.93. The highest BCUT2D eigenvalue weighted by molar-refractivity contribution is 14.1. The van der Waals surface area contributed by atoms with Gasteiger partial charge in [0, 0.05) is 0 Å². The van der Waals surface area contributed by atoms with Gasteiger partial charge in [0.15, 0.2) is 0 Å². The van der Waals surface area contributed by atoms with E-state index in [4.69, 9.17) is 0 Å². The van der Waals surface area contributed by atoms with E-state index in [-0.39, 0.29) is 0 Å². The van der Waals surface area contributed by atoms with Gasteiger partial charge in [0.1, 0.15) is 0 Å². The Labute approximate surface area is 181 Å². The fraction of sp³-hybridized carbons (Fsp3) is 1.00. The van der Waals surface area contributed by atoms with Gasteiger partial charge >= 0.3 is 0 Å². The van der Waals surface area contributed by atoms with Crippen LogP contribution >= 0.6 is 22.6 Å². The zero-order chi connectivity index (χ0) is 19.1. The van der Waals surface area contributed by atoms with Gasteiger partial charge in [0.05, 0.1) is 0 Å². The molecule has 0 aromatic carbocycles. The van der Waals surface area contributed by atoms with Crippen LogP contribution < -0.4 is 0 Å². The van der Waals surface area contributed by atoms with E-state index in [1.807, 2.05) is 0 Å². The molecule has 1 heteroatoms. The van der Waals surface area contributed by atoms with Crippen LogP contribution in [0.2, 0.25) is 0 Å². The van der Waals surface area contributed by atoms with Gasteiger partial charge in [0.25, 0.3) is 0 Å². The maximum atomic E-state index is 2.50. The van der Waals surface area contributed by atoms with Crippen LogP contribution in [-0.2, 0) is 0 Å². The van der Waals surface area contributed by atoms with E-state index in [1.165, 1.54) is 139 Å². The molecule has 0 aliphatic heterocycles. The molecular weight excluding hydrogens is 427 g/mol. The summed E-state index contributed by atoms with van der Waals surface area (Å²) in [6, 6.07) is 0. The van der Waals surface area contributed by atoms with Crippen LogP contribution in [0.25, 0.3) is 0 Å². The van der Waals surface area contributed by atoms with Crippen molar-refractivity contribution in [1.29, 1.82) is 0 Å². The zero-order valence-electron chi connectivity index (χ0n) is 18.5. The van der Waals surface area contributed by atoms with Crippen molar-refractivity contribution in [2.75, 3.05) is 4.43 Å². The van der Waals surface area contributed by atoms with Gasteiger partial charge in [0.2, 0.25) is 0 Å². The van der Waals surface area contributed by atoms with Gasteiger partial charge in [-0.05, 0) is 16.8 Å². The predicted octanol–water partition coefficient (Wildman–Crippen LogP) is 10.3. The third-order valence-electron chi connectivity index (χ3n) is 5.86. The van der Waals surface area contributed by atoms with E-state index in [2.05, 4.69) is 36.4 Å². The molecule has 158 valence electrons. The summed E-state index contributed by atoms with van der Waals surface area (Å²) in [4.78, 5) is 0. The second kappa shape index (κ2) is 23.8. The standard InChI is InChI=1S/C25H51I/c1-3-22-25(2)23-20-18-16-14-12-10-8-6-4-5-7-9-11-13-15-17-19-21-24-26/h25H,3-24H2,1-2H3/t25-/m0/s1. The fourth-order valence-electron chi connectivity index (χ4n) is 4.05. The zero-order valence-corrected chi connectivity index (χ0v) is 20.7. The van der Waals surface area contributed by atoms with Crippen LogP contribution in [0.4, 0.5) is 0 Å². The summed E-state index contributed by atoms with van der Waals surface area (Å²) in [6.07, 6.45) is 30.9. The predicted molar refractivity (Wildman–Crippen MR) is 131 cm³/mol. The first kappa shape index (κ1) is 26.7. The van der Waals surface area contributed by atoms with Crippen LogP contribution in [0.15, 0.2) is 0 Å². The summed E-state index contributed by atoms with van der Waals surface area (Å²) in [5.41, 5.74) is 0. The molecule has 0 radical (unpaired) electrons. The van der Waals surface area contributed by atoms with Crippen molar-refractivity contribution in [3.63, 3.8) is 0 Å². The van der Waals surface area contributed by atoms with Crippen molar-refractivity contribution in [3.05, 3.63) is 0 Å². The first-order chi connectivity index (χ1) is 12.8. The lowest BCUT2D eigenvalue weighted by molar-refractivity contribution is 0.449. The van der Waals surface area contributed by atoms with Gasteiger partial charge in [-0.1, -0.05) is 165 Å². The van der Waals surface area contributed by atoms with Gasteiger partial charge < -0.3 is 0 Å². The van der Waals surface area contributed by atoms with Crippen molar-refractivity contribution in [1.82, 2.24) is 0 Å². The molecule has 0 heterocycles. The number of hydrogen-bond donors (Lipinski definition) is 0. The summed E-state index contributed by atoms with van der Waals surface area (Å²) in [5, 5.41) is 0. The van der Waals surface area contributed by atoms with E-state index >= 15 is 0 Å². The highest BCUT2D eigenvalue weighted by Crippen LogP contribution is 2.17. The van der Waals surface area contributed by atoms with Gasteiger partial charge in [-0.3, -0.25) is 0 Å². The Hall–Kier alpha value is 0.730. The van der Waals surface area contributed by atoms with Gasteiger partial charge in [-0.2, -0.15) is 0 Å². The minimum Gasteiger partial charge on any atom is -0.0864 e. The van der Waals surface area contributed by atoms with Crippen LogP contribution in [0.5, 0.6) is 0 Å². The summed E-state index contributed by atoms with van der Waals surface area (Å²) in [7, 11) is 0.